The number of urea groups is 1. The smallest absolute Gasteiger partial charge is 0.315 e. The van der Waals surface area contributed by atoms with Gasteiger partial charge >= 0.3 is 6.03 Å². The minimum atomic E-state index is -0.0396. The van der Waals surface area contributed by atoms with Gasteiger partial charge in [0, 0.05) is 56.7 Å². The van der Waals surface area contributed by atoms with Gasteiger partial charge in [0.2, 0.25) is 11.8 Å². The van der Waals surface area contributed by atoms with E-state index in [0.717, 1.165) is 77.1 Å². The number of rotatable bonds is 7. The first-order chi connectivity index (χ1) is 14.6. The third kappa shape index (κ3) is 5.41. The lowest BCUT2D eigenvalue weighted by Gasteiger charge is -2.36. The monoisotopic (exact) mass is 437 g/mol. The van der Waals surface area contributed by atoms with Gasteiger partial charge in [0.05, 0.1) is 18.6 Å². The summed E-state index contributed by atoms with van der Waals surface area (Å²) in [5.74, 6) is 1.47. The minimum Gasteiger partial charge on any atom is -0.342 e. The zero-order valence-electron chi connectivity index (χ0n) is 17.8. The summed E-state index contributed by atoms with van der Waals surface area (Å²) in [6, 6.07) is 0.480. The second kappa shape index (κ2) is 10.2. The van der Waals surface area contributed by atoms with Gasteiger partial charge < -0.3 is 20.4 Å². The van der Waals surface area contributed by atoms with Crippen LogP contribution in [0.3, 0.4) is 0 Å². The molecular formula is C21H35N5O3S. The predicted molar refractivity (Wildman–Crippen MR) is 117 cm³/mol. The molecule has 4 aliphatic heterocycles. The second-order valence-corrected chi connectivity index (χ2v) is 10.2. The fourth-order valence-corrected chi connectivity index (χ4v) is 6.56. The molecule has 0 radical (unpaired) electrons. The average Bonchev–Trinajstić information content (AvgIpc) is 3.31. The Morgan fingerprint density at radius 3 is 2.40 bits per heavy atom. The van der Waals surface area contributed by atoms with Crippen molar-refractivity contribution in [2.75, 3.05) is 51.6 Å². The molecule has 4 rings (SSSR count). The van der Waals surface area contributed by atoms with E-state index in [9.17, 15) is 14.4 Å². The second-order valence-electron chi connectivity index (χ2n) is 8.97. The molecule has 0 saturated carbocycles. The van der Waals surface area contributed by atoms with Crippen LogP contribution in [0.5, 0.6) is 0 Å². The summed E-state index contributed by atoms with van der Waals surface area (Å²) in [4.78, 5) is 42.6. The molecule has 4 heterocycles. The SMILES string of the molecule is O=C1N[C@@H]2[C@H](CCCCC(=O)N3CCN(CC(=O)N4CCCCC4)CC3)SC[C@H]2N1. The van der Waals surface area contributed by atoms with E-state index in [2.05, 4.69) is 15.5 Å². The van der Waals surface area contributed by atoms with Crippen LogP contribution in [-0.4, -0.2) is 101 Å². The number of nitrogens with zero attached hydrogens (tertiary/aromatic N) is 3. The number of unbranched alkanes of at least 4 members (excludes halogenated alkanes) is 1. The highest BCUT2D eigenvalue weighted by Crippen LogP contribution is 2.33. The summed E-state index contributed by atoms with van der Waals surface area (Å²) in [5, 5.41) is 6.46. The molecule has 2 N–H and O–H groups in total. The summed E-state index contributed by atoms with van der Waals surface area (Å²) in [7, 11) is 0. The lowest BCUT2D eigenvalue weighted by molar-refractivity contribution is -0.135. The summed E-state index contributed by atoms with van der Waals surface area (Å²) >= 11 is 1.93. The van der Waals surface area contributed by atoms with Gasteiger partial charge in [-0.2, -0.15) is 11.8 Å². The Bertz CT molecular complexity index is 634. The van der Waals surface area contributed by atoms with Gasteiger partial charge in [-0.25, -0.2) is 4.79 Å². The Hall–Kier alpha value is -1.48. The quantitative estimate of drug-likeness (QED) is 0.456. The maximum atomic E-state index is 12.6. The zero-order chi connectivity index (χ0) is 20.9. The molecule has 8 nitrogen and oxygen atoms in total. The highest BCUT2D eigenvalue weighted by Gasteiger charge is 2.42. The first-order valence-electron chi connectivity index (χ1n) is 11.6. The molecule has 0 bridgehead atoms. The van der Waals surface area contributed by atoms with Crippen LogP contribution in [0.25, 0.3) is 0 Å². The molecule has 30 heavy (non-hydrogen) atoms. The maximum Gasteiger partial charge on any atom is 0.315 e. The summed E-state index contributed by atoms with van der Waals surface area (Å²) in [6.45, 7) is 5.34. The highest BCUT2D eigenvalue weighted by molar-refractivity contribution is 8.00. The lowest BCUT2D eigenvalue weighted by Crippen LogP contribution is -2.52. The van der Waals surface area contributed by atoms with E-state index in [1.807, 2.05) is 21.6 Å². The molecule has 3 atom stereocenters. The van der Waals surface area contributed by atoms with Crippen molar-refractivity contribution in [1.29, 1.82) is 0 Å². The molecule has 0 spiro atoms. The molecule has 0 aromatic heterocycles. The molecule has 0 unspecified atom stereocenters. The fraction of sp³-hybridized carbons (Fsp3) is 0.857. The number of hydrogen-bond donors (Lipinski definition) is 2. The Morgan fingerprint density at radius 1 is 0.900 bits per heavy atom. The van der Waals surface area contributed by atoms with Crippen molar-refractivity contribution in [1.82, 2.24) is 25.3 Å². The van der Waals surface area contributed by atoms with Gasteiger partial charge in [-0.05, 0) is 32.1 Å². The van der Waals surface area contributed by atoms with Gasteiger partial charge in [-0.3, -0.25) is 14.5 Å². The Balaban J connectivity index is 1.09. The first kappa shape index (κ1) is 21.7. The van der Waals surface area contributed by atoms with Crippen LogP contribution in [0.15, 0.2) is 0 Å². The number of nitrogens with one attached hydrogen (secondary N) is 2. The molecule has 4 amide bonds. The standard InChI is InChI=1S/C21H35N5O3S/c27-18(7-3-2-6-17-20-16(15-30-17)22-21(29)23-20)26-12-10-24(11-13-26)14-19(28)25-8-4-1-5-9-25/h16-17,20H,1-15H2,(H2,22,23,29)/t16-,17+,20+/m1/s1. The molecule has 4 fully saturated rings. The number of piperazine rings is 1. The number of hydrogen-bond acceptors (Lipinski definition) is 5. The first-order valence-corrected chi connectivity index (χ1v) is 12.6. The molecule has 0 aromatic rings. The predicted octanol–water partition coefficient (Wildman–Crippen LogP) is 0.869. The number of amides is 4. The van der Waals surface area contributed by atoms with Crippen molar-refractivity contribution in [2.24, 2.45) is 0 Å². The number of thioether (sulfide) groups is 1. The van der Waals surface area contributed by atoms with Crippen molar-refractivity contribution in [2.45, 2.75) is 62.3 Å². The lowest BCUT2D eigenvalue weighted by atomic mass is 10.0. The van der Waals surface area contributed by atoms with Crippen LogP contribution in [0.1, 0.15) is 44.9 Å². The van der Waals surface area contributed by atoms with Crippen LogP contribution in [0, 0.1) is 0 Å². The van der Waals surface area contributed by atoms with Gasteiger partial charge in [-0.15, -0.1) is 0 Å². The van der Waals surface area contributed by atoms with Crippen molar-refractivity contribution in [3.8, 4) is 0 Å². The van der Waals surface area contributed by atoms with Crippen molar-refractivity contribution >= 4 is 29.6 Å². The highest BCUT2D eigenvalue weighted by atomic mass is 32.2. The van der Waals surface area contributed by atoms with Gasteiger partial charge in [0.1, 0.15) is 0 Å². The summed E-state index contributed by atoms with van der Waals surface area (Å²) in [6.07, 6.45) is 7.06. The maximum absolute atomic E-state index is 12.6. The third-order valence-electron chi connectivity index (χ3n) is 6.86. The number of fused-ring (bicyclic) bond motifs is 1. The van der Waals surface area contributed by atoms with E-state index in [1.165, 1.54) is 6.42 Å². The normalized spacial score (nSPS) is 29.5. The number of piperidine rings is 1. The molecular weight excluding hydrogens is 402 g/mol. The number of carbonyl (C=O) groups is 3. The van der Waals surface area contributed by atoms with E-state index in [-0.39, 0.29) is 29.9 Å². The van der Waals surface area contributed by atoms with Crippen LogP contribution in [-0.2, 0) is 9.59 Å². The Kier molecular flexibility index (Phi) is 7.41. The van der Waals surface area contributed by atoms with E-state index < -0.39 is 0 Å². The third-order valence-corrected chi connectivity index (χ3v) is 8.37. The van der Waals surface area contributed by atoms with E-state index >= 15 is 0 Å². The molecule has 4 aliphatic rings. The van der Waals surface area contributed by atoms with E-state index in [0.29, 0.717) is 18.2 Å². The van der Waals surface area contributed by atoms with E-state index in [4.69, 9.17) is 0 Å². The van der Waals surface area contributed by atoms with Crippen LogP contribution >= 0.6 is 11.8 Å². The van der Waals surface area contributed by atoms with Gasteiger partial charge in [0.15, 0.2) is 0 Å². The van der Waals surface area contributed by atoms with Gasteiger partial charge in [-0.1, -0.05) is 6.42 Å². The molecule has 0 aliphatic carbocycles. The number of likely N-dealkylation sites (tertiary alicyclic amines) is 1. The zero-order valence-corrected chi connectivity index (χ0v) is 18.6. The van der Waals surface area contributed by atoms with Crippen LogP contribution in [0.4, 0.5) is 4.79 Å². The Labute approximate surface area is 183 Å². The van der Waals surface area contributed by atoms with Crippen molar-refractivity contribution < 1.29 is 14.4 Å². The summed E-state index contributed by atoms with van der Waals surface area (Å²) in [5.41, 5.74) is 0. The van der Waals surface area contributed by atoms with Crippen LogP contribution in [0.2, 0.25) is 0 Å². The fourth-order valence-electron chi connectivity index (χ4n) is 5.01. The molecule has 9 heteroatoms. The van der Waals surface area contributed by atoms with Gasteiger partial charge in [0.25, 0.3) is 0 Å². The van der Waals surface area contributed by atoms with Crippen molar-refractivity contribution in [3.63, 3.8) is 0 Å². The average molecular weight is 438 g/mol. The Morgan fingerprint density at radius 2 is 1.63 bits per heavy atom. The van der Waals surface area contributed by atoms with E-state index in [1.54, 1.807) is 0 Å². The summed E-state index contributed by atoms with van der Waals surface area (Å²) < 4.78 is 0. The van der Waals surface area contributed by atoms with Crippen LogP contribution < -0.4 is 10.6 Å². The molecule has 168 valence electrons. The topological polar surface area (TPSA) is 85.0 Å². The molecule has 4 saturated heterocycles. The number of carbonyl (C=O) groups excluding carboxylic acids is 3. The largest absolute Gasteiger partial charge is 0.342 e. The minimum absolute atomic E-state index is 0.0396. The molecule has 0 aromatic carbocycles. The van der Waals surface area contributed by atoms with Crippen molar-refractivity contribution in [3.05, 3.63) is 0 Å².